The van der Waals surface area contributed by atoms with Gasteiger partial charge >= 0.3 is 0 Å². The molecule has 25 heavy (non-hydrogen) atoms. The molecule has 0 aliphatic heterocycles. The molecule has 3 aromatic carbocycles. The number of hydrogen-bond acceptors (Lipinski definition) is 2. The van der Waals surface area contributed by atoms with E-state index >= 15 is 0 Å². The third-order valence-corrected chi connectivity index (χ3v) is 4.81. The quantitative estimate of drug-likeness (QED) is 0.491. The molecule has 4 aromatic rings. The summed E-state index contributed by atoms with van der Waals surface area (Å²) in [5, 5.41) is 13.0. The Bertz CT molecular complexity index is 1030. The molecule has 0 bridgehead atoms. The van der Waals surface area contributed by atoms with E-state index in [0.29, 0.717) is 0 Å². The maximum atomic E-state index is 10.8. The van der Waals surface area contributed by atoms with E-state index in [0.717, 1.165) is 33.1 Å². The van der Waals surface area contributed by atoms with Crippen LogP contribution in [-0.4, -0.2) is 5.11 Å². The molecule has 0 unspecified atom stereocenters. The number of aliphatic hydroxyl groups is 1. The molecule has 1 aromatic heterocycles. The predicted octanol–water partition coefficient (Wildman–Crippen LogP) is 5.97. The molecule has 2 nitrogen and oxygen atoms in total. The van der Waals surface area contributed by atoms with Gasteiger partial charge in [0.25, 0.3) is 0 Å². The van der Waals surface area contributed by atoms with Gasteiger partial charge in [-0.3, -0.25) is 0 Å². The number of furan rings is 1. The van der Waals surface area contributed by atoms with Crippen LogP contribution in [0.5, 0.6) is 0 Å². The average molecular weight is 330 g/mol. The molecule has 0 radical (unpaired) electrons. The van der Waals surface area contributed by atoms with Gasteiger partial charge in [0, 0.05) is 10.8 Å². The lowest BCUT2D eigenvalue weighted by Gasteiger charge is -2.20. The van der Waals surface area contributed by atoms with Crippen molar-refractivity contribution < 1.29 is 9.52 Å². The third kappa shape index (κ3) is 2.83. The first-order valence-corrected chi connectivity index (χ1v) is 8.63. The standard InChI is InChI=1S/C23H22O2/c1-23(2,3)17-11-8-15(9-12-17)22(24)16-10-13-19-18-6-4-5-7-20(18)25-21(19)14-16/h4-14,22,24H,1-3H3/t22-/m1/s1. The lowest BCUT2D eigenvalue weighted by atomic mass is 9.86. The van der Waals surface area contributed by atoms with Crippen LogP contribution < -0.4 is 0 Å². The zero-order valence-corrected chi connectivity index (χ0v) is 14.8. The van der Waals surface area contributed by atoms with Crippen LogP contribution in [-0.2, 0) is 5.41 Å². The van der Waals surface area contributed by atoms with Crippen molar-refractivity contribution in [2.75, 3.05) is 0 Å². The number of benzene rings is 3. The molecule has 0 fully saturated rings. The van der Waals surface area contributed by atoms with E-state index in [2.05, 4.69) is 39.0 Å². The molecule has 1 N–H and O–H groups in total. The van der Waals surface area contributed by atoms with E-state index in [9.17, 15) is 5.11 Å². The summed E-state index contributed by atoms with van der Waals surface area (Å²) < 4.78 is 5.93. The molecule has 0 amide bonds. The average Bonchev–Trinajstić information content (AvgIpc) is 2.98. The summed E-state index contributed by atoms with van der Waals surface area (Å²) in [4.78, 5) is 0. The van der Waals surface area contributed by atoms with Gasteiger partial charge < -0.3 is 9.52 Å². The highest BCUT2D eigenvalue weighted by molar-refractivity contribution is 6.04. The second-order valence-electron chi connectivity index (χ2n) is 7.63. The summed E-state index contributed by atoms with van der Waals surface area (Å²) in [5.41, 5.74) is 4.79. The second kappa shape index (κ2) is 5.75. The van der Waals surface area contributed by atoms with Crippen molar-refractivity contribution in [1.82, 2.24) is 0 Å². The van der Waals surface area contributed by atoms with Crippen molar-refractivity contribution in [2.24, 2.45) is 0 Å². The number of aliphatic hydroxyl groups excluding tert-OH is 1. The third-order valence-electron chi connectivity index (χ3n) is 4.81. The first kappa shape index (κ1) is 15.9. The highest BCUT2D eigenvalue weighted by Gasteiger charge is 2.16. The van der Waals surface area contributed by atoms with Crippen LogP contribution in [0.3, 0.4) is 0 Å². The molecule has 0 saturated carbocycles. The SMILES string of the molecule is CC(C)(C)c1ccc([C@@H](O)c2ccc3c(c2)oc2ccccc23)cc1. The molecule has 0 spiro atoms. The molecule has 126 valence electrons. The van der Waals surface area contributed by atoms with E-state index in [1.807, 2.05) is 48.5 Å². The van der Waals surface area contributed by atoms with Crippen molar-refractivity contribution in [2.45, 2.75) is 32.3 Å². The van der Waals surface area contributed by atoms with Crippen LogP contribution >= 0.6 is 0 Å². The molecule has 2 heteroatoms. The van der Waals surface area contributed by atoms with E-state index in [4.69, 9.17) is 4.42 Å². The molecule has 1 heterocycles. The van der Waals surface area contributed by atoms with Crippen molar-refractivity contribution in [3.63, 3.8) is 0 Å². The Morgan fingerprint density at radius 3 is 2.12 bits per heavy atom. The van der Waals surface area contributed by atoms with Gasteiger partial charge in [0.05, 0.1) is 0 Å². The molecule has 0 saturated heterocycles. The molecular formula is C23H22O2. The first-order valence-electron chi connectivity index (χ1n) is 8.63. The summed E-state index contributed by atoms with van der Waals surface area (Å²) >= 11 is 0. The normalized spacial score (nSPS) is 13.4. The summed E-state index contributed by atoms with van der Waals surface area (Å²) in [6.45, 7) is 6.57. The Kier molecular flexibility index (Phi) is 3.66. The number of hydrogen-bond donors (Lipinski definition) is 1. The van der Waals surface area contributed by atoms with Gasteiger partial charge in [-0.05, 0) is 34.2 Å². The predicted molar refractivity (Wildman–Crippen MR) is 103 cm³/mol. The maximum Gasteiger partial charge on any atom is 0.135 e. The van der Waals surface area contributed by atoms with Gasteiger partial charge in [-0.2, -0.15) is 0 Å². The fourth-order valence-electron chi connectivity index (χ4n) is 3.27. The van der Waals surface area contributed by atoms with Crippen LogP contribution in [0.15, 0.2) is 71.1 Å². The summed E-state index contributed by atoms with van der Waals surface area (Å²) in [6, 6.07) is 22.2. The van der Waals surface area contributed by atoms with E-state index < -0.39 is 6.10 Å². The smallest absolute Gasteiger partial charge is 0.135 e. The molecule has 0 aliphatic carbocycles. The van der Waals surface area contributed by atoms with Crippen molar-refractivity contribution >= 4 is 21.9 Å². The Hall–Kier alpha value is -2.58. The Morgan fingerprint density at radius 1 is 0.760 bits per heavy atom. The van der Waals surface area contributed by atoms with Gasteiger partial charge in [0.2, 0.25) is 0 Å². The summed E-state index contributed by atoms with van der Waals surface area (Å²) in [6.07, 6.45) is -0.661. The van der Waals surface area contributed by atoms with Crippen molar-refractivity contribution in [1.29, 1.82) is 0 Å². The number of fused-ring (bicyclic) bond motifs is 3. The fraction of sp³-hybridized carbons (Fsp3) is 0.217. The van der Waals surface area contributed by atoms with Crippen molar-refractivity contribution in [3.8, 4) is 0 Å². The summed E-state index contributed by atoms with van der Waals surface area (Å²) in [7, 11) is 0. The lowest BCUT2D eigenvalue weighted by molar-refractivity contribution is 0.220. The van der Waals surface area contributed by atoms with Gasteiger partial charge in [-0.25, -0.2) is 0 Å². The Balaban J connectivity index is 1.72. The van der Waals surface area contributed by atoms with E-state index in [-0.39, 0.29) is 5.41 Å². The van der Waals surface area contributed by atoms with Gasteiger partial charge in [-0.1, -0.05) is 75.4 Å². The highest BCUT2D eigenvalue weighted by Crippen LogP contribution is 2.32. The minimum Gasteiger partial charge on any atom is -0.456 e. The van der Waals surface area contributed by atoms with Crippen LogP contribution in [0.1, 0.15) is 43.6 Å². The highest BCUT2D eigenvalue weighted by atomic mass is 16.3. The van der Waals surface area contributed by atoms with Crippen molar-refractivity contribution in [3.05, 3.63) is 83.4 Å². The molecule has 0 aliphatic rings. The largest absolute Gasteiger partial charge is 0.456 e. The fourth-order valence-corrected chi connectivity index (χ4v) is 3.27. The molecule has 4 rings (SSSR count). The summed E-state index contributed by atoms with van der Waals surface area (Å²) in [5.74, 6) is 0. The molecule has 1 atom stereocenters. The monoisotopic (exact) mass is 330 g/mol. The van der Waals surface area contributed by atoms with Gasteiger partial charge in [-0.15, -0.1) is 0 Å². The number of para-hydroxylation sites is 1. The Labute approximate surface area is 147 Å². The van der Waals surface area contributed by atoms with Gasteiger partial charge in [0.15, 0.2) is 0 Å². The second-order valence-corrected chi connectivity index (χ2v) is 7.63. The van der Waals surface area contributed by atoms with Gasteiger partial charge in [0.1, 0.15) is 17.3 Å². The topological polar surface area (TPSA) is 33.4 Å². The number of rotatable bonds is 2. The van der Waals surface area contributed by atoms with Crippen LogP contribution in [0.2, 0.25) is 0 Å². The van der Waals surface area contributed by atoms with E-state index in [1.54, 1.807) is 0 Å². The zero-order valence-electron chi connectivity index (χ0n) is 14.8. The maximum absolute atomic E-state index is 10.8. The minimum absolute atomic E-state index is 0.108. The minimum atomic E-state index is -0.661. The van der Waals surface area contributed by atoms with E-state index in [1.165, 1.54) is 5.56 Å². The Morgan fingerprint density at radius 2 is 1.40 bits per heavy atom. The molecular weight excluding hydrogens is 308 g/mol. The lowest BCUT2D eigenvalue weighted by Crippen LogP contribution is -2.11. The van der Waals surface area contributed by atoms with Crippen LogP contribution in [0.25, 0.3) is 21.9 Å². The first-order chi connectivity index (χ1) is 11.9. The zero-order chi connectivity index (χ0) is 17.6. The van der Waals surface area contributed by atoms with Crippen LogP contribution in [0.4, 0.5) is 0 Å². The van der Waals surface area contributed by atoms with Crippen LogP contribution in [0, 0.1) is 0 Å².